The lowest BCUT2D eigenvalue weighted by atomic mass is 9.81. The third kappa shape index (κ3) is 5.41. The third-order valence-corrected chi connectivity index (χ3v) is 9.51. The number of carbonyl (C=O) groups is 2. The summed E-state index contributed by atoms with van der Waals surface area (Å²) in [6, 6.07) is 5.36. The summed E-state index contributed by atoms with van der Waals surface area (Å²) in [5.41, 5.74) is 9.22. The van der Waals surface area contributed by atoms with E-state index in [4.69, 9.17) is 44.1 Å². The summed E-state index contributed by atoms with van der Waals surface area (Å²) < 4.78 is 40.7. The molecule has 0 saturated heterocycles. The molecule has 0 unspecified atom stereocenters. The largest absolute Gasteiger partial charge is 0.495 e. The van der Waals surface area contributed by atoms with E-state index in [1.165, 1.54) is 20.1 Å². The van der Waals surface area contributed by atoms with E-state index in [9.17, 15) is 19.1 Å². The number of carbonyl (C=O) groups excluding carboxylic acids is 2. The van der Waals surface area contributed by atoms with Gasteiger partial charge in [0.05, 0.1) is 36.1 Å². The van der Waals surface area contributed by atoms with Gasteiger partial charge < -0.3 is 31.4 Å². The number of nitrogens with one attached hydrogen (secondary N) is 1. The van der Waals surface area contributed by atoms with Gasteiger partial charge in [-0.2, -0.15) is 0 Å². The second kappa shape index (κ2) is 11.7. The number of anilines is 1. The average Bonchev–Trinajstić information content (AvgIpc) is 3.97. The van der Waals surface area contributed by atoms with Crippen LogP contribution in [0.3, 0.4) is 0 Å². The molecule has 2 fully saturated rings. The molecule has 2 saturated carbocycles. The molecule has 14 heteroatoms. The summed E-state index contributed by atoms with van der Waals surface area (Å²) in [7, 11) is 1.43. The van der Waals surface area contributed by atoms with E-state index >= 15 is 4.39 Å². The molecule has 1 aromatic heterocycles. The average molecular weight is 675 g/mol. The van der Waals surface area contributed by atoms with Crippen LogP contribution in [0.25, 0.3) is 11.3 Å². The maximum absolute atomic E-state index is 15.4. The van der Waals surface area contributed by atoms with Gasteiger partial charge in [0.25, 0.3) is 5.91 Å². The van der Waals surface area contributed by atoms with Crippen molar-refractivity contribution in [2.45, 2.75) is 49.7 Å². The van der Waals surface area contributed by atoms with E-state index in [0.29, 0.717) is 24.1 Å². The number of methoxy groups -OCH3 is 1. The number of primary amides is 1. The number of ether oxygens (including phenoxy) is 2. The van der Waals surface area contributed by atoms with Crippen molar-refractivity contribution in [1.82, 2.24) is 10.3 Å². The summed E-state index contributed by atoms with van der Waals surface area (Å²) >= 11 is 12.8. The predicted molar refractivity (Wildman–Crippen MR) is 169 cm³/mol. The Balaban J connectivity index is 1.42. The van der Waals surface area contributed by atoms with Crippen molar-refractivity contribution in [2.75, 3.05) is 26.0 Å². The molecule has 2 heterocycles. The molecule has 46 heavy (non-hydrogen) atoms. The fourth-order valence-corrected chi connectivity index (χ4v) is 6.27. The highest BCUT2D eigenvalue weighted by Crippen LogP contribution is 2.54. The molecular weight excluding hydrogens is 643 g/mol. The first-order valence-corrected chi connectivity index (χ1v) is 15.4. The number of nitrogens with zero attached hydrogens (tertiary/aromatic N) is 2. The third-order valence-electron chi connectivity index (χ3n) is 8.79. The Kier molecular flexibility index (Phi) is 8.10. The number of aromatic nitrogens is 1. The maximum Gasteiger partial charge on any atom is 0.251 e. The summed E-state index contributed by atoms with van der Waals surface area (Å²) in [6.07, 6.45) is 4.71. The van der Waals surface area contributed by atoms with Crippen LogP contribution >= 0.6 is 23.2 Å². The Morgan fingerprint density at radius 2 is 1.96 bits per heavy atom. The molecule has 242 valence electrons. The monoisotopic (exact) mass is 673 g/mol. The molecule has 2 amide bonds. The number of aliphatic hydroxyl groups is 1. The zero-order valence-electron chi connectivity index (χ0n) is 24.9. The molecule has 6 N–H and O–H groups in total. The molecule has 3 aromatic rings. The van der Waals surface area contributed by atoms with Crippen molar-refractivity contribution in [2.24, 2.45) is 16.6 Å². The molecule has 6 rings (SSSR count). The molecule has 3 aliphatic rings. The van der Waals surface area contributed by atoms with Crippen molar-refractivity contribution < 1.29 is 33.0 Å². The maximum atomic E-state index is 15.4. The lowest BCUT2D eigenvalue weighted by Gasteiger charge is -2.31. The van der Waals surface area contributed by atoms with Gasteiger partial charge in [-0.15, -0.1) is 0 Å². The number of benzene rings is 2. The molecular formula is C32H31Cl2F2N5O5. The van der Waals surface area contributed by atoms with Gasteiger partial charge in [0.15, 0.2) is 11.6 Å². The van der Waals surface area contributed by atoms with Crippen LogP contribution in [0.1, 0.15) is 59.8 Å². The van der Waals surface area contributed by atoms with Crippen LogP contribution < -0.4 is 26.3 Å². The topological polar surface area (TPSA) is 162 Å². The van der Waals surface area contributed by atoms with Crippen molar-refractivity contribution in [1.29, 1.82) is 0 Å². The first-order valence-electron chi connectivity index (χ1n) is 14.6. The quantitative estimate of drug-likeness (QED) is 0.138. The molecule has 0 radical (unpaired) electrons. The van der Waals surface area contributed by atoms with Crippen LogP contribution in [0.5, 0.6) is 11.5 Å². The lowest BCUT2D eigenvalue weighted by molar-refractivity contribution is -0.123. The van der Waals surface area contributed by atoms with E-state index in [0.717, 1.165) is 25.0 Å². The van der Waals surface area contributed by atoms with Crippen LogP contribution in [0.2, 0.25) is 10.0 Å². The van der Waals surface area contributed by atoms with Crippen LogP contribution in [0.15, 0.2) is 29.3 Å². The van der Waals surface area contributed by atoms with Crippen molar-refractivity contribution >= 4 is 46.9 Å². The van der Waals surface area contributed by atoms with Gasteiger partial charge >= 0.3 is 0 Å². The summed E-state index contributed by atoms with van der Waals surface area (Å²) in [5, 5.41) is 14.1. The summed E-state index contributed by atoms with van der Waals surface area (Å²) in [5.74, 6) is -3.63. The van der Waals surface area contributed by atoms with E-state index in [2.05, 4.69) is 15.3 Å². The standard InChI is InChI=1S/C32H31Cl2F2N5O5/c1-31(30(38)43)13-46-27-21(31)23(34)28(41-26(27)18-7-8-19(35)22(33)24(18)36)32(44,16-3-4-16)12-40-29(42)14-9-15(11-39-17-5-6-17)25(37)20(10-14)45-2/h7-11,16-17,44H,3-6,12-13,37H2,1-2H3,(H2,38,43)(H,40,42)/t31-,32+/m0/s1. The fourth-order valence-electron chi connectivity index (χ4n) is 5.61. The van der Waals surface area contributed by atoms with Crippen molar-refractivity contribution in [3.8, 4) is 22.8 Å². The first-order chi connectivity index (χ1) is 21.8. The number of nitrogen functional groups attached to an aromatic ring is 1. The number of fused-ring (bicyclic) bond motifs is 1. The Hall–Kier alpha value is -4.00. The number of pyridine rings is 1. The fraction of sp³-hybridized carbons (Fsp3) is 0.375. The van der Waals surface area contributed by atoms with Crippen LogP contribution in [-0.4, -0.2) is 54.4 Å². The number of rotatable bonds is 10. The lowest BCUT2D eigenvalue weighted by Crippen LogP contribution is -2.44. The molecule has 0 spiro atoms. The van der Waals surface area contributed by atoms with Crippen LogP contribution in [-0.2, 0) is 15.8 Å². The zero-order chi connectivity index (χ0) is 33.1. The number of amides is 2. The van der Waals surface area contributed by atoms with Gasteiger partial charge in [-0.1, -0.05) is 23.2 Å². The number of hydrogen-bond acceptors (Lipinski definition) is 8. The van der Waals surface area contributed by atoms with Gasteiger partial charge in [-0.3, -0.25) is 14.6 Å². The Morgan fingerprint density at radius 3 is 2.59 bits per heavy atom. The van der Waals surface area contributed by atoms with Gasteiger partial charge in [-0.25, -0.2) is 13.8 Å². The van der Waals surface area contributed by atoms with Crippen molar-refractivity contribution in [3.63, 3.8) is 0 Å². The van der Waals surface area contributed by atoms with E-state index in [-0.39, 0.29) is 63.8 Å². The minimum atomic E-state index is -1.88. The van der Waals surface area contributed by atoms with Crippen LogP contribution in [0.4, 0.5) is 14.5 Å². The van der Waals surface area contributed by atoms with Gasteiger partial charge in [0.1, 0.15) is 39.9 Å². The highest BCUT2D eigenvalue weighted by Gasteiger charge is 2.52. The smallest absolute Gasteiger partial charge is 0.251 e. The molecule has 10 nitrogen and oxygen atoms in total. The highest BCUT2D eigenvalue weighted by atomic mass is 35.5. The molecule has 2 aromatic carbocycles. The van der Waals surface area contributed by atoms with Gasteiger partial charge in [0.2, 0.25) is 5.91 Å². The van der Waals surface area contributed by atoms with E-state index in [1.807, 2.05) is 0 Å². The first kappa shape index (κ1) is 32.0. The minimum absolute atomic E-state index is 0.0480. The summed E-state index contributed by atoms with van der Waals surface area (Å²) in [6.45, 7) is 0.904. The number of nitrogens with two attached hydrogens (primary N) is 2. The Morgan fingerprint density at radius 1 is 1.24 bits per heavy atom. The molecule has 0 bridgehead atoms. The Labute approximate surface area is 273 Å². The van der Waals surface area contributed by atoms with E-state index in [1.54, 1.807) is 12.3 Å². The Bertz CT molecular complexity index is 1820. The molecule has 1 aliphatic heterocycles. The molecule has 2 atom stereocenters. The van der Waals surface area contributed by atoms with Gasteiger partial charge in [0, 0.05) is 28.5 Å². The van der Waals surface area contributed by atoms with Crippen molar-refractivity contribution in [3.05, 3.63) is 68.3 Å². The van der Waals surface area contributed by atoms with Gasteiger partial charge in [-0.05, 0) is 62.8 Å². The normalized spacial score (nSPS) is 20.2. The number of hydrogen-bond donors (Lipinski definition) is 4. The highest BCUT2D eigenvalue weighted by molar-refractivity contribution is 6.33. The minimum Gasteiger partial charge on any atom is -0.495 e. The number of aliphatic imine (C=N–C) groups is 1. The molecule has 2 aliphatic carbocycles. The van der Waals surface area contributed by atoms with Crippen LogP contribution in [0, 0.1) is 17.6 Å². The van der Waals surface area contributed by atoms with E-state index < -0.39 is 45.4 Å². The number of halogens is 4. The second-order valence-corrected chi connectivity index (χ2v) is 12.9. The predicted octanol–water partition coefficient (Wildman–Crippen LogP) is 4.67. The SMILES string of the molecule is COc1cc(C(=O)NC[C@](O)(c2nc(-c3ccc(F)c(Cl)c3F)c3c(c2Cl)[C@@](C)(C(N)=O)CO3)C2CC2)cc(C=NC2CC2)c1N. The summed E-state index contributed by atoms with van der Waals surface area (Å²) in [4.78, 5) is 35.2. The zero-order valence-corrected chi connectivity index (χ0v) is 26.4. The second-order valence-electron chi connectivity index (χ2n) is 12.1.